The number of hydrogen-bond donors (Lipinski definition) is 2. The molecule has 5 rings (SSSR count). The van der Waals surface area contributed by atoms with Gasteiger partial charge in [0.2, 0.25) is 0 Å². The van der Waals surface area contributed by atoms with Crippen LogP contribution in [0.3, 0.4) is 0 Å². The minimum Gasteiger partial charge on any atom is -0.321 e. The van der Waals surface area contributed by atoms with Gasteiger partial charge in [0.15, 0.2) is 13.1 Å². The highest BCUT2D eigenvalue weighted by Gasteiger charge is 2.50. The molecule has 0 saturated carbocycles. The van der Waals surface area contributed by atoms with Gasteiger partial charge < -0.3 is 19.6 Å². The number of halogens is 4. The van der Waals surface area contributed by atoms with E-state index in [-0.39, 0.29) is 36.6 Å². The van der Waals surface area contributed by atoms with E-state index in [1.807, 2.05) is 24.3 Å². The van der Waals surface area contributed by atoms with E-state index in [9.17, 15) is 9.59 Å². The Balaban J connectivity index is 0.00000181. The summed E-state index contributed by atoms with van der Waals surface area (Å²) in [6, 6.07) is 14.3. The maximum atomic E-state index is 12.6. The fourth-order valence-electron chi connectivity index (χ4n) is 4.49. The Morgan fingerprint density at radius 2 is 0.906 bits per heavy atom. The first-order valence-corrected chi connectivity index (χ1v) is 10.9. The van der Waals surface area contributed by atoms with Crippen LogP contribution < -0.4 is 10.6 Å². The van der Waals surface area contributed by atoms with E-state index < -0.39 is 0 Å². The summed E-state index contributed by atoms with van der Waals surface area (Å²) in [5.41, 5.74) is 1.53. The van der Waals surface area contributed by atoms with Crippen LogP contribution in [-0.2, 0) is 9.59 Å². The van der Waals surface area contributed by atoms with E-state index in [1.54, 1.807) is 24.3 Å². The average molecular weight is 522 g/mol. The number of fused-ring (bicyclic) bond motifs is 3. The zero-order chi connectivity index (χ0) is 21.2. The summed E-state index contributed by atoms with van der Waals surface area (Å²) < 4.78 is 1.61. The number of carbonyl (C=O) groups is 2. The number of hydrogen-bond acceptors (Lipinski definition) is 2. The second kappa shape index (κ2) is 11.1. The van der Waals surface area contributed by atoms with Crippen molar-refractivity contribution in [1.82, 2.24) is 0 Å². The normalized spacial score (nSPS) is 23.4. The van der Waals surface area contributed by atoms with Crippen molar-refractivity contribution in [2.45, 2.75) is 0 Å². The van der Waals surface area contributed by atoms with Crippen LogP contribution >= 0.6 is 48.0 Å². The van der Waals surface area contributed by atoms with Gasteiger partial charge in [-0.3, -0.25) is 9.59 Å². The second-order valence-electron chi connectivity index (χ2n) is 8.45. The lowest BCUT2D eigenvalue weighted by Gasteiger charge is -2.54. The van der Waals surface area contributed by atoms with Crippen molar-refractivity contribution in [3.05, 3.63) is 58.6 Å². The molecule has 0 aliphatic carbocycles. The lowest BCUT2D eigenvalue weighted by molar-refractivity contribution is -1.07. The molecule has 2 bridgehead atoms. The van der Waals surface area contributed by atoms with Gasteiger partial charge in [0.25, 0.3) is 11.8 Å². The number of anilines is 2. The predicted molar refractivity (Wildman–Crippen MR) is 134 cm³/mol. The van der Waals surface area contributed by atoms with Crippen molar-refractivity contribution in [2.24, 2.45) is 0 Å². The molecule has 0 spiro atoms. The van der Waals surface area contributed by atoms with E-state index in [2.05, 4.69) is 10.6 Å². The smallest absolute Gasteiger partial charge is 0.279 e. The first kappa shape index (κ1) is 26.7. The van der Waals surface area contributed by atoms with E-state index in [0.717, 1.165) is 59.6 Å². The first-order valence-electron chi connectivity index (χ1n) is 10.2. The average Bonchev–Trinajstić information content (AvgIpc) is 2.73. The molecule has 3 heterocycles. The molecule has 32 heavy (non-hydrogen) atoms. The number of nitrogens with zero attached hydrogens (tertiary/aromatic N) is 2. The molecule has 2 aromatic carbocycles. The molecule has 2 amide bonds. The quantitative estimate of drug-likeness (QED) is 0.563. The number of benzene rings is 2. The number of quaternary nitrogens is 2. The lowest BCUT2D eigenvalue weighted by Crippen LogP contribution is -2.76. The number of rotatable bonds is 6. The van der Waals surface area contributed by atoms with Crippen LogP contribution in [0, 0.1) is 0 Å². The molecule has 0 aromatic heterocycles. The van der Waals surface area contributed by atoms with Crippen molar-refractivity contribution in [3.63, 3.8) is 0 Å². The van der Waals surface area contributed by atoms with Gasteiger partial charge in [-0.1, -0.05) is 23.2 Å². The summed E-state index contributed by atoms with van der Waals surface area (Å²) in [6.45, 7) is 6.46. The van der Waals surface area contributed by atoms with Crippen LogP contribution in [0.4, 0.5) is 11.4 Å². The fraction of sp³-hybridized carbons (Fsp3) is 0.364. The maximum absolute atomic E-state index is 12.6. The van der Waals surface area contributed by atoms with Crippen LogP contribution in [0.2, 0.25) is 10.0 Å². The van der Waals surface area contributed by atoms with E-state index in [0.29, 0.717) is 23.1 Å². The van der Waals surface area contributed by atoms with Crippen molar-refractivity contribution >= 4 is 71.2 Å². The number of amides is 2. The van der Waals surface area contributed by atoms with Crippen LogP contribution in [0.25, 0.3) is 0 Å². The third-order valence-corrected chi connectivity index (χ3v) is 6.86. The molecule has 6 nitrogen and oxygen atoms in total. The summed E-state index contributed by atoms with van der Waals surface area (Å²) in [5, 5.41) is 7.25. The fourth-order valence-corrected chi connectivity index (χ4v) is 4.75. The molecule has 3 saturated heterocycles. The molecule has 174 valence electrons. The SMILES string of the molecule is Cl.Cl.O=C(C[N+]12CC[N+](CC(=O)Nc3ccc(Cl)cc3)(CC1)CC2)Nc1ccc(Cl)cc1. The van der Waals surface area contributed by atoms with E-state index >= 15 is 0 Å². The molecule has 0 atom stereocenters. The monoisotopic (exact) mass is 520 g/mol. The Kier molecular flexibility index (Phi) is 9.23. The van der Waals surface area contributed by atoms with E-state index in [1.165, 1.54) is 0 Å². The van der Waals surface area contributed by atoms with Crippen LogP contribution in [0.5, 0.6) is 0 Å². The number of nitrogens with one attached hydrogen (secondary N) is 2. The molecular weight excluding hydrogens is 494 g/mol. The summed E-state index contributed by atoms with van der Waals surface area (Å²) in [7, 11) is 0. The topological polar surface area (TPSA) is 58.2 Å². The molecule has 3 aliphatic heterocycles. The van der Waals surface area contributed by atoms with Gasteiger partial charge in [0.1, 0.15) is 39.3 Å². The van der Waals surface area contributed by atoms with Gasteiger partial charge in [-0.15, -0.1) is 24.8 Å². The molecular formula is C22H28Cl4N4O2+2. The van der Waals surface area contributed by atoms with Crippen LogP contribution in [0.1, 0.15) is 0 Å². The summed E-state index contributed by atoms with van der Waals surface area (Å²) in [6.07, 6.45) is 0. The molecule has 2 N–H and O–H groups in total. The Labute approximate surface area is 210 Å². The number of piperazine rings is 3. The van der Waals surface area contributed by atoms with Crippen molar-refractivity contribution < 1.29 is 18.6 Å². The molecule has 10 heteroatoms. The number of carbonyl (C=O) groups excluding carboxylic acids is 2. The summed E-state index contributed by atoms with van der Waals surface area (Å²) in [4.78, 5) is 25.2. The Morgan fingerprint density at radius 1 is 0.625 bits per heavy atom. The second-order valence-corrected chi connectivity index (χ2v) is 9.32. The summed E-state index contributed by atoms with van der Waals surface area (Å²) in [5.74, 6) is 0.0550. The third-order valence-electron chi connectivity index (χ3n) is 6.36. The molecule has 3 aliphatic rings. The molecule has 0 radical (unpaired) electrons. The molecule has 0 unspecified atom stereocenters. The maximum Gasteiger partial charge on any atom is 0.279 e. The zero-order valence-electron chi connectivity index (χ0n) is 17.6. The highest BCUT2D eigenvalue weighted by atomic mass is 35.5. The van der Waals surface area contributed by atoms with Gasteiger partial charge in [-0.25, -0.2) is 0 Å². The van der Waals surface area contributed by atoms with Crippen molar-refractivity contribution in [2.75, 3.05) is 63.0 Å². The summed E-state index contributed by atoms with van der Waals surface area (Å²) >= 11 is 11.8. The van der Waals surface area contributed by atoms with Gasteiger partial charge >= 0.3 is 0 Å². The van der Waals surface area contributed by atoms with Crippen LogP contribution in [0.15, 0.2) is 48.5 Å². The minimum atomic E-state index is 0. The van der Waals surface area contributed by atoms with Crippen molar-refractivity contribution in [1.29, 1.82) is 0 Å². The molecule has 2 aromatic rings. The Morgan fingerprint density at radius 3 is 1.19 bits per heavy atom. The lowest BCUT2D eigenvalue weighted by atomic mass is 10.1. The van der Waals surface area contributed by atoms with Crippen molar-refractivity contribution in [3.8, 4) is 0 Å². The predicted octanol–water partition coefficient (Wildman–Crippen LogP) is 4.08. The standard InChI is InChI=1S/C22H24Cl2N4O2.2ClH/c23-17-1-5-19(6-2-17)25-21(29)15-27-9-12-28(13-10-27,14-11-27)16-22(30)26-20-7-3-18(24)4-8-20;;/h1-8H,9-16H2;2*1H/p+2. The largest absolute Gasteiger partial charge is 0.321 e. The Hall–Kier alpha value is -1.54. The first-order chi connectivity index (χ1) is 14.4. The van der Waals surface area contributed by atoms with Gasteiger partial charge in [-0.05, 0) is 48.5 Å². The zero-order valence-corrected chi connectivity index (χ0v) is 20.7. The highest BCUT2D eigenvalue weighted by molar-refractivity contribution is 6.31. The minimum absolute atomic E-state index is 0. The highest BCUT2D eigenvalue weighted by Crippen LogP contribution is 2.27. The van der Waals surface area contributed by atoms with Gasteiger partial charge in [0.05, 0.1) is 0 Å². The van der Waals surface area contributed by atoms with Crippen LogP contribution in [-0.4, -0.2) is 73.1 Å². The molecule has 3 fully saturated rings. The Bertz CT molecular complexity index is 836. The van der Waals surface area contributed by atoms with Gasteiger partial charge in [0, 0.05) is 21.4 Å². The van der Waals surface area contributed by atoms with E-state index in [4.69, 9.17) is 23.2 Å². The van der Waals surface area contributed by atoms with Gasteiger partial charge in [-0.2, -0.15) is 0 Å². The third kappa shape index (κ3) is 6.50.